The first-order valence-electron chi connectivity index (χ1n) is 4.96. The summed E-state index contributed by atoms with van der Waals surface area (Å²) in [5.74, 6) is 1.46. The fourth-order valence-corrected chi connectivity index (χ4v) is 2.48. The molecule has 1 aromatic carbocycles. The third-order valence-electron chi connectivity index (χ3n) is 3.24. The van der Waals surface area contributed by atoms with Crippen molar-refractivity contribution < 1.29 is 0 Å². The highest BCUT2D eigenvalue weighted by Crippen LogP contribution is 2.49. The van der Waals surface area contributed by atoms with Crippen LogP contribution in [-0.4, -0.2) is 0 Å². The fraction of sp³-hybridized carbons (Fsp3) is 0.385. The Morgan fingerprint density at radius 3 is 2.92 bits per heavy atom. The summed E-state index contributed by atoms with van der Waals surface area (Å²) in [5, 5.41) is 0. The van der Waals surface area contributed by atoms with E-state index in [1.165, 1.54) is 5.56 Å². The zero-order chi connectivity index (χ0) is 9.42. The second kappa shape index (κ2) is 3.02. The molecule has 0 nitrogen and oxygen atoms in total. The van der Waals surface area contributed by atoms with Crippen LogP contribution in [0.4, 0.5) is 0 Å². The van der Waals surface area contributed by atoms with E-state index in [1.54, 1.807) is 11.1 Å². The molecule has 1 aliphatic carbocycles. The Morgan fingerprint density at radius 2 is 2.23 bits per heavy atom. The van der Waals surface area contributed by atoms with Crippen molar-refractivity contribution in [2.45, 2.75) is 32.1 Å². The third kappa shape index (κ3) is 1.13. The molecule has 0 bridgehead atoms. The van der Waals surface area contributed by atoms with Gasteiger partial charge in [-0.25, -0.2) is 0 Å². The number of fused-ring (bicyclic) bond motifs is 1. The lowest BCUT2D eigenvalue weighted by Gasteiger charge is -2.38. The van der Waals surface area contributed by atoms with Gasteiger partial charge in [0.05, 0.1) is 0 Å². The predicted octanol–water partition coefficient (Wildman–Crippen LogP) is 3.77. The normalized spacial score (nSPS) is 24.8. The Balaban J connectivity index is 2.39. The number of hydrogen-bond donors (Lipinski definition) is 0. The van der Waals surface area contributed by atoms with E-state index in [0.717, 1.165) is 18.3 Å². The highest BCUT2D eigenvalue weighted by Gasteiger charge is 2.33. The molecule has 0 saturated heterocycles. The zero-order valence-electron chi connectivity index (χ0n) is 8.38. The molecule has 0 fully saturated rings. The van der Waals surface area contributed by atoms with Gasteiger partial charge in [0.15, 0.2) is 0 Å². The zero-order valence-corrected chi connectivity index (χ0v) is 8.38. The number of benzene rings is 1. The van der Waals surface area contributed by atoms with E-state index in [-0.39, 0.29) is 0 Å². The number of aryl methyl sites for hydroxylation is 1. The summed E-state index contributed by atoms with van der Waals surface area (Å²) in [6, 6.07) is 6.63. The van der Waals surface area contributed by atoms with E-state index < -0.39 is 0 Å². The average Bonchev–Trinajstić information content (AvgIpc) is 2.14. The molecule has 0 heterocycles. The smallest absolute Gasteiger partial charge is 0.00557 e. The van der Waals surface area contributed by atoms with Crippen LogP contribution >= 0.6 is 0 Å². The predicted molar refractivity (Wildman–Crippen MR) is 57.1 cm³/mol. The Morgan fingerprint density at radius 1 is 1.46 bits per heavy atom. The molecule has 2 rings (SSSR count). The van der Waals surface area contributed by atoms with Crippen molar-refractivity contribution in [3.63, 3.8) is 0 Å². The summed E-state index contributed by atoms with van der Waals surface area (Å²) in [6.07, 6.45) is 3.16. The molecule has 1 aromatic rings. The maximum absolute atomic E-state index is 3.82. The molecular formula is C13H16. The molecule has 0 spiro atoms. The van der Waals surface area contributed by atoms with Crippen molar-refractivity contribution in [3.8, 4) is 0 Å². The van der Waals surface area contributed by atoms with Crippen molar-refractivity contribution >= 4 is 0 Å². The summed E-state index contributed by atoms with van der Waals surface area (Å²) < 4.78 is 0. The van der Waals surface area contributed by atoms with E-state index in [1.807, 2.05) is 6.08 Å². The highest BCUT2D eigenvalue weighted by atomic mass is 14.4. The lowest BCUT2D eigenvalue weighted by Crippen LogP contribution is -2.22. The molecule has 0 N–H and O–H groups in total. The third-order valence-corrected chi connectivity index (χ3v) is 3.24. The molecule has 0 radical (unpaired) electrons. The van der Waals surface area contributed by atoms with E-state index in [4.69, 9.17) is 0 Å². The maximum atomic E-state index is 3.82. The van der Waals surface area contributed by atoms with Gasteiger partial charge in [-0.3, -0.25) is 0 Å². The van der Waals surface area contributed by atoms with Crippen LogP contribution < -0.4 is 0 Å². The van der Waals surface area contributed by atoms with Gasteiger partial charge in [-0.2, -0.15) is 0 Å². The van der Waals surface area contributed by atoms with Gasteiger partial charge in [0.1, 0.15) is 0 Å². The van der Waals surface area contributed by atoms with Crippen LogP contribution in [-0.2, 0) is 0 Å². The summed E-state index contributed by atoms with van der Waals surface area (Å²) in [4.78, 5) is 0. The fourth-order valence-electron chi connectivity index (χ4n) is 2.48. The summed E-state index contributed by atoms with van der Waals surface area (Å²) in [5.41, 5.74) is 4.57. The SMILES string of the molecule is C=CC[C@@H]1c2c(C)cccc2[C@@H]1C. The number of rotatable bonds is 2. The first kappa shape index (κ1) is 8.55. The Hall–Kier alpha value is -1.04. The van der Waals surface area contributed by atoms with Gasteiger partial charge in [0, 0.05) is 0 Å². The first-order valence-corrected chi connectivity index (χ1v) is 4.96. The van der Waals surface area contributed by atoms with Gasteiger partial charge >= 0.3 is 0 Å². The quantitative estimate of drug-likeness (QED) is 0.596. The van der Waals surface area contributed by atoms with Crippen molar-refractivity contribution in [2.24, 2.45) is 0 Å². The van der Waals surface area contributed by atoms with Crippen LogP contribution in [0, 0.1) is 6.92 Å². The number of hydrogen-bond acceptors (Lipinski definition) is 0. The Kier molecular flexibility index (Phi) is 1.99. The van der Waals surface area contributed by atoms with Crippen LogP contribution in [0.5, 0.6) is 0 Å². The van der Waals surface area contributed by atoms with Crippen LogP contribution in [0.1, 0.15) is 41.9 Å². The van der Waals surface area contributed by atoms with Crippen molar-refractivity contribution in [1.29, 1.82) is 0 Å². The molecule has 1 aliphatic rings. The maximum Gasteiger partial charge on any atom is -0.00557 e. The van der Waals surface area contributed by atoms with Gasteiger partial charge in [-0.15, -0.1) is 6.58 Å². The summed E-state index contributed by atoms with van der Waals surface area (Å²) in [6.45, 7) is 8.34. The Labute approximate surface area is 80.3 Å². The molecule has 68 valence electrons. The van der Waals surface area contributed by atoms with E-state index in [2.05, 4.69) is 38.6 Å². The standard InChI is InChI=1S/C13H16/c1-4-6-11-10(3)12-8-5-7-9(2)13(11)12/h4-5,7-8,10-11H,1,6H2,2-3H3/t10-,11+/m1/s1. The van der Waals surface area contributed by atoms with Crippen molar-refractivity contribution in [1.82, 2.24) is 0 Å². The van der Waals surface area contributed by atoms with E-state index in [0.29, 0.717) is 0 Å². The van der Waals surface area contributed by atoms with Crippen LogP contribution in [0.2, 0.25) is 0 Å². The minimum atomic E-state index is 0.730. The van der Waals surface area contributed by atoms with E-state index in [9.17, 15) is 0 Å². The minimum Gasteiger partial charge on any atom is -0.103 e. The molecule has 0 unspecified atom stereocenters. The highest BCUT2D eigenvalue weighted by molar-refractivity contribution is 5.49. The lowest BCUT2D eigenvalue weighted by atomic mass is 9.66. The van der Waals surface area contributed by atoms with Crippen molar-refractivity contribution in [3.05, 3.63) is 47.5 Å². The molecule has 2 atom stereocenters. The van der Waals surface area contributed by atoms with Crippen LogP contribution in [0.3, 0.4) is 0 Å². The van der Waals surface area contributed by atoms with E-state index >= 15 is 0 Å². The summed E-state index contributed by atoms with van der Waals surface area (Å²) >= 11 is 0. The second-order valence-corrected chi connectivity index (χ2v) is 4.00. The minimum absolute atomic E-state index is 0.730. The molecule has 0 amide bonds. The van der Waals surface area contributed by atoms with Crippen molar-refractivity contribution in [2.75, 3.05) is 0 Å². The largest absolute Gasteiger partial charge is 0.103 e. The van der Waals surface area contributed by atoms with Gasteiger partial charge in [-0.05, 0) is 41.9 Å². The molecule has 13 heavy (non-hydrogen) atoms. The lowest BCUT2D eigenvalue weighted by molar-refractivity contribution is 0.504. The molecule has 0 saturated carbocycles. The molecule has 0 heteroatoms. The van der Waals surface area contributed by atoms with Crippen LogP contribution in [0.15, 0.2) is 30.9 Å². The topological polar surface area (TPSA) is 0 Å². The molecule has 0 aromatic heterocycles. The first-order chi connectivity index (χ1) is 6.25. The molecular weight excluding hydrogens is 156 g/mol. The summed E-state index contributed by atoms with van der Waals surface area (Å²) in [7, 11) is 0. The Bertz CT molecular complexity index is 336. The number of allylic oxidation sites excluding steroid dienone is 1. The second-order valence-electron chi connectivity index (χ2n) is 4.00. The van der Waals surface area contributed by atoms with Gasteiger partial charge in [-0.1, -0.05) is 31.2 Å². The van der Waals surface area contributed by atoms with Gasteiger partial charge in [0.25, 0.3) is 0 Å². The monoisotopic (exact) mass is 172 g/mol. The van der Waals surface area contributed by atoms with Gasteiger partial charge < -0.3 is 0 Å². The van der Waals surface area contributed by atoms with Crippen LogP contribution in [0.25, 0.3) is 0 Å². The van der Waals surface area contributed by atoms with Gasteiger partial charge in [0.2, 0.25) is 0 Å². The molecule has 0 aliphatic heterocycles. The average molecular weight is 172 g/mol.